The van der Waals surface area contributed by atoms with E-state index in [1.807, 2.05) is 30.3 Å². The average molecular weight is 517 g/mol. The van der Waals surface area contributed by atoms with Gasteiger partial charge >= 0.3 is 0 Å². The van der Waals surface area contributed by atoms with Gasteiger partial charge in [0.2, 0.25) is 0 Å². The van der Waals surface area contributed by atoms with E-state index >= 15 is 0 Å². The first-order chi connectivity index (χ1) is 19.6. The van der Waals surface area contributed by atoms with Gasteiger partial charge in [0.1, 0.15) is 18.7 Å². The Labute approximate surface area is 231 Å². The summed E-state index contributed by atoms with van der Waals surface area (Å²) in [5.74, 6) is 2.42. The van der Waals surface area contributed by atoms with Gasteiger partial charge in [0, 0.05) is 16.7 Å². The van der Waals surface area contributed by atoms with Gasteiger partial charge < -0.3 is 0 Å². The Hall–Kier alpha value is -6.28. The van der Waals surface area contributed by atoms with E-state index < -0.39 is 0 Å². The fraction of sp³-hybridized carbons (Fsp3) is 0.0303. The molecule has 0 amide bonds. The summed E-state index contributed by atoms with van der Waals surface area (Å²) >= 11 is 0. The third-order valence-electron chi connectivity index (χ3n) is 6.00. The molecule has 40 heavy (non-hydrogen) atoms. The van der Waals surface area contributed by atoms with Crippen LogP contribution >= 0.6 is 0 Å². The molecule has 188 valence electrons. The summed E-state index contributed by atoms with van der Waals surface area (Å²) in [4.78, 5) is 16.1. The third kappa shape index (κ3) is 6.34. The zero-order chi connectivity index (χ0) is 28.3. The molecule has 0 atom stereocenters. The predicted molar refractivity (Wildman–Crippen MR) is 149 cm³/mol. The number of hydrogen-bond acceptors (Lipinski definition) is 6. The number of carbonyl (C=O) groups excluding carboxylic acids is 1. The van der Waals surface area contributed by atoms with E-state index in [2.05, 4.69) is 28.1 Å². The Bertz CT molecular complexity index is 1640. The first-order valence-electron chi connectivity index (χ1n) is 12.0. The number of hydrogen-bond donors (Lipinski definition) is 0. The van der Waals surface area contributed by atoms with Crippen molar-refractivity contribution in [2.24, 2.45) is 0 Å². The van der Waals surface area contributed by atoms with Crippen molar-refractivity contribution in [1.82, 2.24) is 14.8 Å². The van der Waals surface area contributed by atoms with Crippen molar-refractivity contribution in [2.45, 2.75) is 6.04 Å². The minimum absolute atomic E-state index is 0.0805. The van der Waals surface area contributed by atoms with Gasteiger partial charge in [0.15, 0.2) is 5.78 Å². The summed E-state index contributed by atoms with van der Waals surface area (Å²) in [6.45, 7) is 0. The molecule has 0 aliphatic heterocycles. The lowest BCUT2D eigenvalue weighted by Crippen LogP contribution is -2.13. The Morgan fingerprint density at radius 3 is 1.40 bits per heavy atom. The molecule has 0 saturated carbocycles. The van der Waals surface area contributed by atoms with Gasteiger partial charge in [-0.15, -0.1) is 6.42 Å². The van der Waals surface area contributed by atoms with E-state index in [0.29, 0.717) is 27.8 Å². The number of carbonyl (C=O) groups is 1. The number of benzene rings is 4. The first-order valence-corrected chi connectivity index (χ1v) is 12.0. The second kappa shape index (κ2) is 12.8. The van der Waals surface area contributed by atoms with Crippen LogP contribution in [0.2, 0.25) is 0 Å². The summed E-state index contributed by atoms with van der Waals surface area (Å²) in [5, 5.41) is 30.8. The molecular weight excluding hydrogens is 496 g/mol. The standard InChI is InChI=1S/C17H11N5.C16H9NO/c18-9-13-1-5-15(6-2-13)17(22-12-20-11-21-22)16-7-3-14(10-19)4-8-16;1-2-12-3-7-14(8-4-12)16(18)15-9-5-13(11-17)6-10-15/h1-8,11-12,17H;1,3-10H. The number of rotatable bonds is 5. The van der Waals surface area contributed by atoms with E-state index in [4.69, 9.17) is 22.2 Å². The van der Waals surface area contributed by atoms with Crippen LogP contribution in [-0.2, 0) is 0 Å². The zero-order valence-electron chi connectivity index (χ0n) is 21.1. The normalized spacial score (nSPS) is 9.72. The highest BCUT2D eigenvalue weighted by molar-refractivity contribution is 6.09. The number of nitriles is 3. The molecule has 1 aromatic heterocycles. The maximum atomic E-state index is 12.1. The Balaban J connectivity index is 0.000000189. The predicted octanol–water partition coefficient (Wildman–Crippen LogP) is 5.43. The van der Waals surface area contributed by atoms with Gasteiger partial charge in [0.05, 0.1) is 34.9 Å². The minimum Gasteiger partial charge on any atom is -0.289 e. The highest BCUT2D eigenvalue weighted by atomic mass is 16.1. The fourth-order valence-corrected chi connectivity index (χ4v) is 3.91. The number of nitrogens with zero attached hydrogens (tertiary/aromatic N) is 6. The van der Waals surface area contributed by atoms with Gasteiger partial charge in [-0.05, 0) is 83.9 Å². The monoisotopic (exact) mass is 516 g/mol. The largest absolute Gasteiger partial charge is 0.289 e. The maximum Gasteiger partial charge on any atom is 0.193 e. The van der Waals surface area contributed by atoms with E-state index in [1.54, 1.807) is 83.8 Å². The van der Waals surface area contributed by atoms with Crippen molar-refractivity contribution in [2.75, 3.05) is 0 Å². The first kappa shape index (κ1) is 26.8. The third-order valence-corrected chi connectivity index (χ3v) is 6.00. The van der Waals surface area contributed by atoms with Crippen LogP contribution in [-0.4, -0.2) is 20.5 Å². The topological polar surface area (TPSA) is 119 Å². The van der Waals surface area contributed by atoms with E-state index in [9.17, 15) is 4.79 Å². The molecule has 0 unspecified atom stereocenters. The SMILES string of the molecule is C#Cc1ccc(C(=O)c2ccc(C#N)cc2)cc1.N#Cc1ccc(C(c2ccc(C#N)cc2)n2cncn2)cc1. The molecule has 5 aromatic rings. The average Bonchev–Trinajstić information content (AvgIpc) is 3.56. The Morgan fingerprint density at radius 2 is 1.05 bits per heavy atom. The Kier molecular flexibility index (Phi) is 8.57. The van der Waals surface area contributed by atoms with Crippen LogP contribution in [0.15, 0.2) is 110 Å². The molecule has 1 heterocycles. The van der Waals surface area contributed by atoms with E-state index in [0.717, 1.165) is 16.7 Å². The van der Waals surface area contributed by atoms with Crippen LogP contribution in [0.5, 0.6) is 0 Å². The molecular formula is C33H20N6O. The zero-order valence-corrected chi connectivity index (χ0v) is 21.1. The lowest BCUT2D eigenvalue weighted by Gasteiger charge is -2.18. The molecule has 0 fully saturated rings. The molecule has 0 radical (unpaired) electrons. The molecule has 0 spiro atoms. The second-order valence-corrected chi connectivity index (χ2v) is 8.49. The lowest BCUT2D eigenvalue weighted by atomic mass is 9.97. The van der Waals surface area contributed by atoms with Gasteiger partial charge in [-0.2, -0.15) is 20.9 Å². The van der Waals surface area contributed by atoms with Crippen molar-refractivity contribution in [1.29, 1.82) is 15.8 Å². The van der Waals surface area contributed by atoms with Crippen LogP contribution < -0.4 is 0 Å². The molecule has 7 nitrogen and oxygen atoms in total. The molecule has 0 bridgehead atoms. The number of ketones is 1. The van der Waals surface area contributed by atoms with Gasteiger partial charge in [0.25, 0.3) is 0 Å². The molecule has 4 aromatic carbocycles. The molecule has 0 saturated heterocycles. The summed E-state index contributed by atoms with van der Waals surface area (Å²) < 4.78 is 1.75. The van der Waals surface area contributed by atoms with Crippen molar-refractivity contribution >= 4 is 5.78 Å². The fourth-order valence-electron chi connectivity index (χ4n) is 3.91. The summed E-state index contributed by atoms with van der Waals surface area (Å²) in [6, 6.07) is 34.3. The van der Waals surface area contributed by atoms with Crippen LogP contribution in [0.25, 0.3) is 0 Å². The van der Waals surface area contributed by atoms with Crippen LogP contribution in [0.1, 0.15) is 55.3 Å². The highest BCUT2D eigenvalue weighted by Gasteiger charge is 2.17. The van der Waals surface area contributed by atoms with Crippen molar-refractivity contribution in [3.63, 3.8) is 0 Å². The van der Waals surface area contributed by atoms with Crippen molar-refractivity contribution in [3.05, 3.63) is 154 Å². The maximum absolute atomic E-state index is 12.1. The minimum atomic E-state index is -0.150. The summed E-state index contributed by atoms with van der Waals surface area (Å²) in [7, 11) is 0. The number of terminal acetylenes is 1. The molecule has 7 heteroatoms. The van der Waals surface area contributed by atoms with Crippen LogP contribution in [0.3, 0.4) is 0 Å². The summed E-state index contributed by atoms with van der Waals surface area (Å²) in [5.41, 5.74) is 5.63. The van der Waals surface area contributed by atoms with E-state index in [-0.39, 0.29) is 11.8 Å². The van der Waals surface area contributed by atoms with Crippen LogP contribution in [0, 0.1) is 46.3 Å². The quantitative estimate of drug-likeness (QED) is 0.227. The van der Waals surface area contributed by atoms with Crippen molar-refractivity contribution in [3.8, 4) is 30.6 Å². The van der Waals surface area contributed by atoms with Gasteiger partial charge in [-0.25, -0.2) is 9.67 Å². The molecule has 0 N–H and O–H groups in total. The Morgan fingerprint density at radius 1 is 0.650 bits per heavy atom. The molecule has 0 aliphatic rings. The van der Waals surface area contributed by atoms with E-state index in [1.165, 1.54) is 6.33 Å². The second-order valence-electron chi connectivity index (χ2n) is 8.49. The van der Waals surface area contributed by atoms with Crippen molar-refractivity contribution < 1.29 is 4.79 Å². The smallest absolute Gasteiger partial charge is 0.193 e. The molecule has 5 rings (SSSR count). The van der Waals surface area contributed by atoms with Crippen LogP contribution in [0.4, 0.5) is 0 Å². The highest BCUT2D eigenvalue weighted by Crippen LogP contribution is 2.26. The molecule has 0 aliphatic carbocycles. The van der Waals surface area contributed by atoms with Gasteiger partial charge in [-0.1, -0.05) is 30.2 Å². The number of aromatic nitrogens is 3. The van der Waals surface area contributed by atoms with Gasteiger partial charge in [-0.3, -0.25) is 4.79 Å². The summed E-state index contributed by atoms with van der Waals surface area (Å²) in [6.07, 6.45) is 8.39. The lowest BCUT2D eigenvalue weighted by molar-refractivity contribution is 0.103.